The van der Waals surface area contributed by atoms with Gasteiger partial charge in [-0.05, 0) is 36.6 Å². The summed E-state index contributed by atoms with van der Waals surface area (Å²) < 4.78 is 68.9. The predicted molar refractivity (Wildman–Crippen MR) is 118 cm³/mol. The number of benzene rings is 2. The van der Waals surface area contributed by atoms with E-state index in [2.05, 4.69) is 5.32 Å². The van der Waals surface area contributed by atoms with Crippen LogP contribution in [0.4, 0.5) is 22.0 Å². The second kappa shape index (κ2) is 12.8. The molecule has 0 aliphatic rings. The summed E-state index contributed by atoms with van der Waals surface area (Å²) in [6.45, 7) is 1.59. The molecule has 0 spiro atoms. The summed E-state index contributed by atoms with van der Waals surface area (Å²) in [6, 6.07) is 11.5. The average Bonchev–Trinajstić information content (AvgIpc) is 2.76. The Bertz CT molecular complexity index is 1050. The van der Waals surface area contributed by atoms with Crippen LogP contribution in [0.1, 0.15) is 58.8 Å². The summed E-state index contributed by atoms with van der Waals surface area (Å²) in [5.41, 5.74) is 1.62. The van der Waals surface area contributed by atoms with E-state index in [1.165, 1.54) is 18.2 Å². The number of Topliss-reactive ketones (excluding diaryl/α,β-unsaturated/α-hetero) is 1. The number of aryl methyl sites for hydroxylation is 1. The van der Waals surface area contributed by atoms with Crippen LogP contribution < -0.4 is 10.1 Å². The number of ether oxygens (including phenoxy) is 1. The normalized spacial score (nSPS) is 12.2. The number of halogens is 5. The van der Waals surface area contributed by atoms with Crippen molar-refractivity contribution in [2.75, 3.05) is 6.61 Å². The van der Waals surface area contributed by atoms with Gasteiger partial charge in [0.1, 0.15) is 12.2 Å². The van der Waals surface area contributed by atoms with Gasteiger partial charge in [0.05, 0.1) is 18.7 Å². The molecule has 0 radical (unpaired) electrons. The van der Waals surface area contributed by atoms with Crippen molar-refractivity contribution in [3.63, 3.8) is 0 Å². The van der Waals surface area contributed by atoms with Gasteiger partial charge >= 0.3 is 6.18 Å². The number of alkyl halides is 5. The molecule has 0 saturated carbocycles. The van der Waals surface area contributed by atoms with E-state index in [4.69, 9.17) is 10.00 Å². The lowest BCUT2D eigenvalue weighted by atomic mass is 9.92. The molecular formula is C25H25F5N2O3. The van der Waals surface area contributed by atoms with E-state index >= 15 is 0 Å². The Balaban J connectivity index is 2.30. The van der Waals surface area contributed by atoms with Crippen molar-refractivity contribution in [3.05, 3.63) is 64.7 Å². The second-order valence-corrected chi connectivity index (χ2v) is 7.97. The Morgan fingerprint density at radius 3 is 2.40 bits per heavy atom. The van der Waals surface area contributed by atoms with Crippen LogP contribution >= 0.6 is 0 Å². The molecule has 35 heavy (non-hydrogen) atoms. The van der Waals surface area contributed by atoms with Crippen molar-refractivity contribution in [3.8, 4) is 11.8 Å². The molecule has 0 fully saturated rings. The fraction of sp³-hybridized carbons (Fsp3) is 0.400. The molecule has 5 nitrogen and oxygen atoms in total. The van der Waals surface area contributed by atoms with Crippen molar-refractivity contribution in [2.45, 2.75) is 57.7 Å². The fourth-order valence-corrected chi connectivity index (χ4v) is 3.42. The Labute approximate surface area is 199 Å². The highest BCUT2D eigenvalue weighted by Gasteiger charge is 2.26. The third kappa shape index (κ3) is 9.73. The monoisotopic (exact) mass is 496 g/mol. The molecule has 2 aromatic rings. The lowest BCUT2D eigenvalue weighted by molar-refractivity contribution is -0.136. The highest BCUT2D eigenvalue weighted by Crippen LogP contribution is 2.29. The van der Waals surface area contributed by atoms with Crippen LogP contribution in [-0.2, 0) is 11.2 Å². The number of nitrogens with zero attached hydrogens (tertiary/aromatic N) is 1. The first kappa shape index (κ1) is 27.8. The zero-order valence-corrected chi connectivity index (χ0v) is 19.0. The van der Waals surface area contributed by atoms with Crippen molar-refractivity contribution in [1.82, 2.24) is 5.32 Å². The maximum atomic E-state index is 13.3. The van der Waals surface area contributed by atoms with Crippen LogP contribution in [0.25, 0.3) is 0 Å². The quantitative estimate of drug-likeness (QED) is 0.227. The summed E-state index contributed by atoms with van der Waals surface area (Å²) in [5, 5.41) is 11.4. The standard InChI is InChI=1S/C25H25F5N2O3/c1-16-3-5-17(6-4-16)22(33)15-21(32-24(34)9-11-31)20-8-7-19(13-18(20)14-23(26)27)35-12-2-10-25(28,29)30/h3-8,13,21,23H,2,9-10,12,14-15H2,1H3,(H,32,34)/t21-/m1/s1. The number of ketones is 1. The average molecular weight is 496 g/mol. The van der Waals surface area contributed by atoms with E-state index in [0.29, 0.717) is 5.56 Å². The van der Waals surface area contributed by atoms with E-state index in [-0.39, 0.29) is 42.1 Å². The molecule has 2 aromatic carbocycles. The molecule has 1 atom stereocenters. The Morgan fingerprint density at radius 1 is 1.11 bits per heavy atom. The van der Waals surface area contributed by atoms with E-state index in [1.54, 1.807) is 30.3 Å². The van der Waals surface area contributed by atoms with E-state index < -0.39 is 43.8 Å². The molecule has 0 aromatic heterocycles. The van der Waals surface area contributed by atoms with Crippen LogP contribution in [0.3, 0.4) is 0 Å². The van der Waals surface area contributed by atoms with Gasteiger partial charge in [0.2, 0.25) is 12.3 Å². The number of amides is 1. The number of nitrogens with one attached hydrogen (secondary N) is 1. The molecule has 0 unspecified atom stereocenters. The van der Waals surface area contributed by atoms with Gasteiger partial charge in [0.25, 0.3) is 0 Å². The molecule has 1 amide bonds. The van der Waals surface area contributed by atoms with E-state index in [9.17, 15) is 31.5 Å². The largest absolute Gasteiger partial charge is 0.494 e. The second-order valence-electron chi connectivity index (χ2n) is 7.97. The highest BCUT2D eigenvalue weighted by atomic mass is 19.4. The zero-order chi connectivity index (χ0) is 26.0. The third-order valence-electron chi connectivity index (χ3n) is 5.08. The van der Waals surface area contributed by atoms with E-state index in [1.807, 2.05) is 6.92 Å². The highest BCUT2D eigenvalue weighted by molar-refractivity contribution is 5.97. The summed E-state index contributed by atoms with van der Waals surface area (Å²) in [4.78, 5) is 25.0. The van der Waals surface area contributed by atoms with Gasteiger partial charge in [-0.15, -0.1) is 0 Å². The van der Waals surface area contributed by atoms with Crippen LogP contribution in [0, 0.1) is 18.3 Å². The summed E-state index contributed by atoms with van der Waals surface area (Å²) in [6.07, 6.45) is -9.89. The third-order valence-corrected chi connectivity index (χ3v) is 5.08. The number of carbonyl (C=O) groups is 2. The first-order valence-electron chi connectivity index (χ1n) is 10.8. The molecule has 0 aliphatic carbocycles. The van der Waals surface area contributed by atoms with Crippen LogP contribution in [0.15, 0.2) is 42.5 Å². The minimum atomic E-state index is -4.33. The van der Waals surface area contributed by atoms with Crippen molar-refractivity contribution in [1.29, 1.82) is 5.26 Å². The minimum Gasteiger partial charge on any atom is -0.494 e. The molecule has 1 N–H and O–H groups in total. The number of carbonyl (C=O) groups excluding carboxylic acids is 2. The Morgan fingerprint density at radius 2 is 1.80 bits per heavy atom. The van der Waals surface area contributed by atoms with E-state index in [0.717, 1.165) is 5.56 Å². The predicted octanol–water partition coefficient (Wildman–Crippen LogP) is 5.87. The smallest absolute Gasteiger partial charge is 0.389 e. The number of rotatable bonds is 12. The maximum Gasteiger partial charge on any atom is 0.389 e. The molecule has 10 heteroatoms. The Hall–Kier alpha value is -3.48. The van der Waals surface area contributed by atoms with Crippen molar-refractivity contribution < 1.29 is 36.3 Å². The zero-order valence-electron chi connectivity index (χ0n) is 19.0. The molecule has 0 bridgehead atoms. The van der Waals surface area contributed by atoms with Crippen molar-refractivity contribution in [2.24, 2.45) is 0 Å². The van der Waals surface area contributed by atoms with Gasteiger partial charge in [0.15, 0.2) is 5.78 Å². The molecule has 0 heterocycles. The lowest BCUT2D eigenvalue weighted by Crippen LogP contribution is -2.30. The topological polar surface area (TPSA) is 79.2 Å². The molecular weight excluding hydrogens is 471 g/mol. The summed E-state index contributed by atoms with van der Waals surface area (Å²) in [7, 11) is 0. The maximum absolute atomic E-state index is 13.3. The van der Waals surface area contributed by atoms with Gasteiger partial charge in [-0.25, -0.2) is 8.78 Å². The molecule has 0 aliphatic heterocycles. The SMILES string of the molecule is Cc1ccc(C(=O)C[C@@H](NC(=O)CC#N)c2ccc(OCCCC(F)(F)F)cc2CC(F)F)cc1. The summed E-state index contributed by atoms with van der Waals surface area (Å²) in [5.74, 6) is -0.925. The van der Waals surface area contributed by atoms with Crippen LogP contribution in [0.2, 0.25) is 0 Å². The van der Waals surface area contributed by atoms with Crippen molar-refractivity contribution >= 4 is 11.7 Å². The van der Waals surface area contributed by atoms with Gasteiger partial charge in [-0.3, -0.25) is 9.59 Å². The minimum absolute atomic E-state index is 0.0762. The first-order chi connectivity index (χ1) is 16.5. The van der Waals surface area contributed by atoms with Gasteiger partial charge in [0, 0.05) is 24.8 Å². The van der Waals surface area contributed by atoms with Gasteiger partial charge in [-0.1, -0.05) is 35.9 Å². The molecule has 2 rings (SSSR count). The molecule has 188 valence electrons. The molecule has 0 saturated heterocycles. The number of nitriles is 1. The van der Waals surface area contributed by atoms with Gasteiger partial charge in [-0.2, -0.15) is 18.4 Å². The van der Waals surface area contributed by atoms with Crippen LogP contribution in [0.5, 0.6) is 5.75 Å². The Kier molecular flexibility index (Phi) is 10.2. The van der Waals surface area contributed by atoms with Crippen LogP contribution in [-0.4, -0.2) is 30.9 Å². The lowest BCUT2D eigenvalue weighted by Gasteiger charge is -2.22. The summed E-state index contributed by atoms with van der Waals surface area (Å²) >= 11 is 0. The number of hydrogen-bond donors (Lipinski definition) is 1. The van der Waals surface area contributed by atoms with Gasteiger partial charge < -0.3 is 10.1 Å². The first-order valence-corrected chi connectivity index (χ1v) is 10.8. The fourth-order valence-electron chi connectivity index (χ4n) is 3.42. The number of hydrogen-bond acceptors (Lipinski definition) is 4.